The van der Waals surface area contributed by atoms with E-state index in [1.165, 1.54) is 11.3 Å². The second kappa shape index (κ2) is 8.34. The average Bonchev–Trinajstić information content (AvgIpc) is 3.07. The molecule has 0 radical (unpaired) electrons. The molecule has 0 aliphatic carbocycles. The molecule has 0 bridgehead atoms. The number of ketones is 1. The minimum Gasteiger partial charge on any atom is -0.496 e. The van der Waals surface area contributed by atoms with E-state index in [1.807, 2.05) is 41.8 Å². The molecule has 0 aliphatic rings. The number of hydrogen-bond acceptors (Lipinski definition) is 4. The number of para-hydroxylation sites is 1. The van der Waals surface area contributed by atoms with Crippen molar-refractivity contribution >= 4 is 23.0 Å². The van der Waals surface area contributed by atoms with E-state index in [4.69, 9.17) is 4.74 Å². The Bertz CT molecular complexity index is 623. The van der Waals surface area contributed by atoms with Crippen LogP contribution in [0.2, 0.25) is 0 Å². The number of hydrogen-bond donors (Lipinski definition) is 1. The van der Waals surface area contributed by atoms with E-state index in [2.05, 4.69) is 5.32 Å². The smallest absolute Gasteiger partial charge is 0.220 e. The molecule has 1 aromatic carbocycles. The van der Waals surface area contributed by atoms with Crippen molar-refractivity contribution in [2.45, 2.75) is 25.8 Å². The van der Waals surface area contributed by atoms with E-state index in [9.17, 15) is 9.59 Å². The lowest BCUT2D eigenvalue weighted by atomic mass is 10.1. The molecule has 0 atom stereocenters. The number of Topliss-reactive ketones (excluding diaryl/α,β-unsaturated/α-hetero) is 1. The lowest BCUT2D eigenvalue weighted by Crippen LogP contribution is -2.22. The summed E-state index contributed by atoms with van der Waals surface area (Å²) in [4.78, 5) is 24.4. The van der Waals surface area contributed by atoms with Crippen molar-refractivity contribution in [3.63, 3.8) is 0 Å². The summed E-state index contributed by atoms with van der Waals surface area (Å²) < 4.78 is 5.24. The second-order valence-electron chi connectivity index (χ2n) is 4.84. The standard InChI is InChI=1S/C17H19NO3S/c1-21-15-8-3-2-6-13(15)12-18-17(20)10-4-7-14(19)16-9-5-11-22-16/h2-3,5-6,8-9,11H,4,7,10,12H2,1H3,(H,18,20). The van der Waals surface area contributed by atoms with Gasteiger partial charge in [0.25, 0.3) is 0 Å². The Morgan fingerprint density at radius 2 is 1.95 bits per heavy atom. The van der Waals surface area contributed by atoms with Gasteiger partial charge in [0.15, 0.2) is 5.78 Å². The van der Waals surface area contributed by atoms with Crippen LogP contribution < -0.4 is 10.1 Å². The van der Waals surface area contributed by atoms with Gasteiger partial charge in [0.2, 0.25) is 5.91 Å². The molecule has 0 fully saturated rings. The number of carbonyl (C=O) groups excluding carboxylic acids is 2. The van der Waals surface area contributed by atoms with E-state index in [0.29, 0.717) is 25.8 Å². The van der Waals surface area contributed by atoms with Crippen LogP contribution in [-0.2, 0) is 11.3 Å². The fourth-order valence-electron chi connectivity index (χ4n) is 2.10. The molecule has 1 aromatic heterocycles. The first-order chi connectivity index (χ1) is 10.7. The van der Waals surface area contributed by atoms with Crippen molar-refractivity contribution in [1.29, 1.82) is 0 Å². The number of rotatable bonds is 8. The van der Waals surface area contributed by atoms with Gasteiger partial charge >= 0.3 is 0 Å². The van der Waals surface area contributed by atoms with Crippen molar-refractivity contribution in [1.82, 2.24) is 5.32 Å². The Hall–Kier alpha value is -2.14. The van der Waals surface area contributed by atoms with Crippen LogP contribution in [0.1, 0.15) is 34.5 Å². The largest absolute Gasteiger partial charge is 0.496 e. The lowest BCUT2D eigenvalue weighted by molar-refractivity contribution is -0.121. The van der Waals surface area contributed by atoms with E-state index >= 15 is 0 Å². The van der Waals surface area contributed by atoms with Crippen LogP contribution in [0.3, 0.4) is 0 Å². The fraction of sp³-hybridized carbons (Fsp3) is 0.294. The van der Waals surface area contributed by atoms with Crippen molar-refractivity contribution in [2.75, 3.05) is 7.11 Å². The summed E-state index contributed by atoms with van der Waals surface area (Å²) in [6, 6.07) is 11.2. The van der Waals surface area contributed by atoms with Gasteiger partial charge in [0.05, 0.1) is 12.0 Å². The Kier molecular flexibility index (Phi) is 6.15. The molecule has 1 heterocycles. The van der Waals surface area contributed by atoms with Crippen molar-refractivity contribution in [3.05, 3.63) is 52.2 Å². The van der Waals surface area contributed by atoms with Gasteiger partial charge in [-0.2, -0.15) is 0 Å². The number of carbonyl (C=O) groups is 2. The normalized spacial score (nSPS) is 10.2. The van der Waals surface area contributed by atoms with E-state index in [1.54, 1.807) is 7.11 Å². The summed E-state index contributed by atoms with van der Waals surface area (Å²) in [5, 5.41) is 4.74. The molecule has 5 heteroatoms. The number of nitrogens with one attached hydrogen (secondary N) is 1. The maximum Gasteiger partial charge on any atom is 0.220 e. The average molecular weight is 317 g/mol. The highest BCUT2D eigenvalue weighted by molar-refractivity contribution is 7.12. The molecule has 22 heavy (non-hydrogen) atoms. The van der Waals surface area contributed by atoms with Gasteiger partial charge in [-0.05, 0) is 23.9 Å². The first-order valence-corrected chi connectivity index (χ1v) is 8.04. The molecule has 0 saturated heterocycles. The van der Waals surface area contributed by atoms with Crippen LogP contribution in [0, 0.1) is 0 Å². The zero-order valence-electron chi connectivity index (χ0n) is 12.5. The van der Waals surface area contributed by atoms with Crippen LogP contribution in [0.4, 0.5) is 0 Å². The molecule has 0 saturated carbocycles. The van der Waals surface area contributed by atoms with Gasteiger partial charge in [-0.25, -0.2) is 0 Å². The zero-order valence-corrected chi connectivity index (χ0v) is 13.3. The third kappa shape index (κ3) is 4.70. The van der Waals surface area contributed by atoms with Crippen molar-refractivity contribution < 1.29 is 14.3 Å². The number of methoxy groups -OCH3 is 1. The van der Waals surface area contributed by atoms with Crippen LogP contribution in [-0.4, -0.2) is 18.8 Å². The number of ether oxygens (including phenoxy) is 1. The van der Waals surface area contributed by atoms with E-state index in [0.717, 1.165) is 16.2 Å². The minimum atomic E-state index is -0.0510. The van der Waals surface area contributed by atoms with Gasteiger partial charge in [0.1, 0.15) is 5.75 Å². The topological polar surface area (TPSA) is 55.4 Å². The van der Waals surface area contributed by atoms with Crippen LogP contribution in [0.15, 0.2) is 41.8 Å². The number of benzene rings is 1. The molecule has 4 nitrogen and oxygen atoms in total. The highest BCUT2D eigenvalue weighted by atomic mass is 32.1. The second-order valence-corrected chi connectivity index (χ2v) is 5.79. The predicted molar refractivity (Wildman–Crippen MR) is 87.3 cm³/mol. The Morgan fingerprint density at radius 3 is 2.68 bits per heavy atom. The van der Waals surface area contributed by atoms with Gasteiger partial charge < -0.3 is 10.1 Å². The van der Waals surface area contributed by atoms with Crippen molar-refractivity contribution in [2.24, 2.45) is 0 Å². The highest BCUT2D eigenvalue weighted by Gasteiger charge is 2.09. The predicted octanol–water partition coefficient (Wildman–Crippen LogP) is 3.43. The quantitative estimate of drug-likeness (QED) is 0.759. The summed E-state index contributed by atoms with van der Waals surface area (Å²) >= 11 is 1.44. The minimum absolute atomic E-state index is 0.0510. The summed E-state index contributed by atoms with van der Waals surface area (Å²) in [6.07, 6.45) is 1.32. The monoisotopic (exact) mass is 317 g/mol. The van der Waals surface area contributed by atoms with Crippen LogP contribution in [0.25, 0.3) is 0 Å². The van der Waals surface area contributed by atoms with Gasteiger partial charge in [0, 0.05) is 24.9 Å². The molecule has 116 valence electrons. The molecule has 0 spiro atoms. The fourth-order valence-corrected chi connectivity index (χ4v) is 2.80. The molecular weight excluding hydrogens is 298 g/mol. The maximum atomic E-state index is 11.8. The first kappa shape index (κ1) is 16.2. The van der Waals surface area contributed by atoms with Crippen LogP contribution in [0.5, 0.6) is 5.75 Å². The number of thiophene rings is 1. The zero-order chi connectivity index (χ0) is 15.8. The molecular formula is C17H19NO3S. The molecule has 0 aliphatic heterocycles. The summed E-state index contributed by atoms with van der Waals surface area (Å²) in [5.41, 5.74) is 0.938. The third-order valence-corrected chi connectivity index (χ3v) is 4.18. The molecule has 1 amide bonds. The summed E-state index contributed by atoms with van der Waals surface area (Å²) in [6.45, 7) is 0.432. The molecule has 1 N–H and O–H groups in total. The molecule has 2 aromatic rings. The van der Waals surface area contributed by atoms with E-state index in [-0.39, 0.29) is 11.7 Å². The molecule has 0 unspecified atom stereocenters. The maximum absolute atomic E-state index is 11.8. The Labute approximate surface area is 134 Å². The lowest BCUT2D eigenvalue weighted by Gasteiger charge is -2.09. The number of amides is 1. The molecule has 2 rings (SSSR count). The van der Waals surface area contributed by atoms with Crippen molar-refractivity contribution in [3.8, 4) is 5.75 Å². The summed E-state index contributed by atoms with van der Waals surface area (Å²) in [5.74, 6) is 0.813. The summed E-state index contributed by atoms with van der Waals surface area (Å²) in [7, 11) is 1.61. The van der Waals surface area contributed by atoms with Crippen LogP contribution >= 0.6 is 11.3 Å². The Balaban J connectivity index is 1.71. The third-order valence-electron chi connectivity index (χ3n) is 3.27. The van der Waals surface area contributed by atoms with Gasteiger partial charge in [-0.3, -0.25) is 9.59 Å². The first-order valence-electron chi connectivity index (χ1n) is 7.16. The van der Waals surface area contributed by atoms with Gasteiger partial charge in [-0.15, -0.1) is 11.3 Å². The van der Waals surface area contributed by atoms with E-state index < -0.39 is 0 Å². The highest BCUT2D eigenvalue weighted by Crippen LogP contribution is 2.17. The Morgan fingerprint density at radius 1 is 1.14 bits per heavy atom. The van der Waals surface area contributed by atoms with Gasteiger partial charge in [-0.1, -0.05) is 24.3 Å². The SMILES string of the molecule is COc1ccccc1CNC(=O)CCCC(=O)c1cccs1.